The van der Waals surface area contributed by atoms with Crippen molar-refractivity contribution in [3.8, 4) is 0 Å². The first kappa shape index (κ1) is 17.8. The molecule has 140 valence electrons. The van der Waals surface area contributed by atoms with Gasteiger partial charge >= 0.3 is 0 Å². The molecule has 1 aromatic carbocycles. The van der Waals surface area contributed by atoms with Crippen LogP contribution in [-0.4, -0.2) is 58.1 Å². The molecule has 9 heteroatoms. The van der Waals surface area contributed by atoms with E-state index in [9.17, 15) is 4.39 Å². The SMILES string of the molecule is CN(C)C1CCN(c2ncc3ncnc(Nc4ccc(F)c(Cl)c4)c3n2)C1. The second-order valence-electron chi connectivity index (χ2n) is 6.73. The lowest BCUT2D eigenvalue weighted by molar-refractivity contribution is 0.315. The highest BCUT2D eigenvalue weighted by Crippen LogP contribution is 2.26. The molecule has 1 atom stereocenters. The van der Waals surface area contributed by atoms with Crippen LogP contribution in [0.1, 0.15) is 6.42 Å². The summed E-state index contributed by atoms with van der Waals surface area (Å²) in [5, 5.41) is 3.18. The van der Waals surface area contributed by atoms with Crippen LogP contribution in [0.25, 0.3) is 11.0 Å². The second kappa shape index (κ2) is 7.21. The predicted octanol–water partition coefficient (Wildman–Crippen LogP) is 3.10. The third kappa shape index (κ3) is 3.63. The summed E-state index contributed by atoms with van der Waals surface area (Å²) in [5.74, 6) is 0.709. The molecule has 1 aliphatic rings. The Hall–Kier alpha value is -2.58. The van der Waals surface area contributed by atoms with Crippen molar-refractivity contribution in [3.63, 3.8) is 0 Å². The summed E-state index contributed by atoms with van der Waals surface area (Å²) in [6.45, 7) is 1.78. The van der Waals surface area contributed by atoms with Crippen LogP contribution in [-0.2, 0) is 0 Å². The number of hydrogen-bond acceptors (Lipinski definition) is 7. The van der Waals surface area contributed by atoms with Crippen molar-refractivity contribution < 1.29 is 4.39 Å². The Bertz CT molecular complexity index is 981. The predicted molar refractivity (Wildman–Crippen MR) is 104 cm³/mol. The Kier molecular flexibility index (Phi) is 4.75. The quantitative estimate of drug-likeness (QED) is 0.737. The van der Waals surface area contributed by atoms with Gasteiger partial charge in [-0.05, 0) is 38.7 Å². The number of benzene rings is 1. The highest BCUT2D eigenvalue weighted by molar-refractivity contribution is 6.31. The molecular formula is C18H19ClFN7. The molecule has 1 N–H and O–H groups in total. The van der Waals surface area contributed by atoms with Crippen molar-refractivity contribution in [2.75, 3.05) is 37.4 Å². The molecule has 1 saturated heterocycles. The molecule has 0 radical (unpaired) electrons. The van der Waals surface area contributed by atoms with Gasteiger partial charge in [-0.3, -0.25) is 0 Å². The van der Waals surface area contributed by atoms with Crippen LogP contribution in [0.2, 0.25) is 5.02 Å². The summed E-state index contributed by atoms with van der Waals surface area (Å²) in [6, 6.07) is 4.89. The first-order valence-corrected chi connectivity index (χ1v) is 9.00. The number of nitrogens with zero attached hydrogens (tertiary/aromatic N) is 6. The Morgan fingerprint density at radius 2 is 2.11 bits per heavy atom. The van der Waals surface area contributed by atoms with Gasteiger partial charge in [0.1, 0.15) is 23.2 Å². The van der Waals surface area contributed by atoms with Gasteiger partial charge in [-0.15, -0.1) is 0 Å². The number of nitrogens with one attached hydrogen (secondary N) is 1. The van der Waals surface area contributed by atoms with Crippen molar-refractivity contribution in [1.82, 2.24) is 24.8 Å². The summed E-state index contributed by atoms with van der Waals surface area (Å²) in [4.78, 5) is 22.1. The van der Waals surface area contributed by atoms with Gasteiger partial charge in [0.05, 0.1) is 11.2 Å². The van der Waals surface area contributed by atoms with Crippen molar-refractivity contribution in [2.45, 2.75) is 12.5 Å². The summed E-state index contributed by atoms with van der Waals surface area (Å²) in [7, 11) is 4.16. The molecule has 0 saturated carbocycles. The van der Waals surface area contributed by atoms with E-state index < -0.39 is 5.82 Å². The molecule has 0 bridgehead atoms. The maximum atomic E-state index is 13.4. The zero-order valence-corrected chi connectivity index (χ0v) is 15.8. The first-order chi connectivity index (χ1) is 13.0. The Morgan fingerprint density at radius 1 is 1.26 bits per heavy atom. The normalized spacial score (nSPS) is 17.1. The summed E-state index contributed by atoms with van der Waals surface area (Å²) in [5.41, 5.74) is 1.86. The average Bonchev–Trinajstić information content (AvgIpc) is 3.15. The van der Waals surface area contributed by atoms with E-state index in [4.69, 9.17) is 11.6 Å². The van der Waals surface area contributed by atoms with Gasteiger partial charge in [0, 0.05) is 24.8 Å². The molecule has 2 aromatic heterocycles. The fourth-order valence-electron chi connectivity index (χ4n) is 3.14. The van der Waals surface area contributed by atoms with E-state index in [1.807, 2.05) is 0 Å². The molecular weight excluding hydrogens is 369 g/mol. The van der Waals surface area contributed by atoms with E-state index >= 15 is 0 Å². The lowest BCUT2D eigenvalue weighted by Gasteiger charge is -2.20. The highest BCUT2D eigenvalue weighted by atomic mass is 35.5. The van der Waals surface area contributed by atoms with Gasteiger partial charge < -0.3 is 15.1 Å². The summed E-state index contributed by atoms with van der Waals surface area (Å²) in [6.07, 6.45) is 4.21. The standard InChI is InChI=1S/C18H19ClFN7/c1-26(2)12-5-6-27(9-12)18-21-8-15-16(25-18)17(23-10-22-15)24-11-3-4-14(20)13(19)7-11/h3-4,7-8,10,12H,5-6,9H2,1-2H3,(H,22,23,24). The zero-order chi connectivity index (χ0) is 19.0. The molecule has 7 nitrogen and oxygen atoms in total. The van der Waals surface area contributed by atoms with E-state index in [2.05, 4.69) is 49.1 Å². The number of fused-ring (bicyclic) bond motifs is 1. The van der Waals surface area contributed by atoms with Crippen LogP contribution in [0.4, 0.5) is 21.8 Å². The zero-order valence-electron chi connectivity index (χ0n) is 15.0. The molecule has 1 aliphatic heterocycles. The summed E-state index contributed by atoms with van der Waals surface area (Å²) >= 11 is 5.86. The largest absolute Gasteiger partial charge is 0.339 e. The van der Waals surface area contributed by atoms with Crippen LogP contribution in [0.15, 0.2) is 30.7 Å². The molecule has 0 amide bonds. The molecule has 4 rings (SSSR count). The number of rotatable bonds is 4. The molecule has 27 heavy (non-hydrogen) atoms. The number of likely N-dealkylation sites (N-methyl/N-ethyl adjacent to an activating group) is 1. The Balaban J connectivity index is 1.66. The van der Waals surface area contributed by atoms with Crippen LogP contribution in [0.3, 0.4) is 0 Å². The van der Waals surface area contributed by atoms with Crippen LogP contribution in [0, 0.1) is 5.82 Å². The first-order valence-electron chi connectivity index (χ1n) is 8.62. The Labute approximate surface area is 161 Å². The van der Waals surface area contributed by atoms with Crippen molar-refractivity contribution in [1.29, 1.82) is 0 Å². The monoisotopic (exact) mass is 387 g/mol. The molecule has 3 aromatic rings. The van der Waals surface area contributed by atoms with E-state index in [0.717, 1.165) is 19.5 Å². The van der Waals surface area contributed by atoms with E-state index in [-0.39, 0.29) is 5.02 Å². The minimum absolute atomic E-state index is 0.0421. The van der Waals surface area contributed by atoms with Crippen molar-refractivity contribution >= 4 is 40.1 Å². The third-order valence-electron chi connectivity index (χ3n) is 4.72. The maximum absolute atomic E-state index is 13.4. The van der Waals surface area contributed by atoms with Crippen molar-refractivity contribution in [2.24, 2.45) is 0 Å². The number of hydrogen-bond donors (Lipinski definition) is 1. The molecule has 0 aliphatic carbocycles. The van der Waals surface area contributed by atoms with E-state index in [1.165, 1.54) is 18.5 Å². The highest BCUT2D eigenvalue weighted by Gasteiger charge is 2.26. The number of halogens is 2. The lowest BCUT2D eigenvalue weighted by Crippen LogP contribution is -2.32. The van der Waals surface area contributed by atoms with Crippen LogP contribution >= 0.6 is 11.6 Å². The van der Waals surface area contributed by atoms with E-state index in [1.54, 1.807) is 12.3 Å². The van der Waals surface area contributed by atoms with Gasteiger partial charge in [-0.25, -0.2) is 24.3 Å². The van der Waals surface area contributed by atoms with Crippen LogP contribution < -0.4 is 10.2 Å². The molecule has 0 spiro atoms. The van der Waals surface area contributed by atoms with E-state index in [0.29, 0.717) is 34.5 Å². The van der Waals surface area contributed by atoms with Crippen LogP contribution in [0.5, 0.6) is 0 Å². The minimum Gasteiger partial charge on any atom is -0.339 e. The smallest absolute Gasteiger partial charge is 0.226 e. The van der Waals surface area contributed by atoms with Gasteiger partial charge in [-0.1, -0.05) is 11.6 Å². The summed E-state index contributed by atoms with van der Waals surface area (Å²) < 4.78 is 13.4. The fourth-order valence-corrected chi connectivity index (χ4v) is 3.32. The Morgan fingerprint density at radius 3 is 2.85 bits per heavy atom. The molecule has 1 unspecified atom stereocenters. The minimum atomic E-state index is -0.469. The topological polar surface area (TPSA) is 70.1 Å². The number of anilines is 3. The third-order valence-corrected chi connectivity index (χ3v) is 5.01. The molecule has 1 fully saturated rings. The second-order valence-corrected chi connectivity index (χ2v) is 7.14. The van der Waals surface area contributed by atoms with Gasteiger partial charge in [0.2, 0.25) is 5.95 Å². The average molecular weight is 388 g/mol. The fraction of sp³-hybridized carbons (Fsp3) is 0.333. The van der Waals surface area contributed by atoms with Gasteiger partial charge in [0.25, 0.3) is 0 Å². The van der Waals surface area contributed by atoms with Gasteiger partial charge in [-0.2, -0.15) is 0 Å². The molecule has 3 heterocycles. The number of aromatic nitrogens is 4. The maximum Gasteiger partial charge on any atom is 0.226 e. The van der Waals surface area contributed by atoms with Crippen molar-refractivity contribution in [3.05, 3.63) is 41.6 Å². The lowest BCUT2D eigenvalue weighted by atomic mass is 10.2. The van der Waals surface area contributed by atoms with Gasteiger partial charge in [0.15, 0.2) is 5.82 Å².